The third-order valence-corrected chi connectivity index (χ3v) is 5.83. The van der Waals surface area contributed by atoms with E-state index in [1.54, 1.807) is 44.6 Å². The van der Waals surface area contributed by atoms with Crippen molar-refractivity contribution in [2.75, 3.05) is 20.8 Å². The Kier molecular flexibility index (Phi) is 7.30. The Labute approximate surface area is 202 Å². The molecule has 0 unspecified atom stereocenters. The highest BCUT2D eigenvalue weighted by Gasteiger charge is 2.15. The normalized spacial score (nSPS) is 10.8. The van der Waals surface area contributed by atoms with E-state index in [9.17, 15) is 14.4 Å². The van der Waals surface area contributed by atoms with E-state index in [0.717, 1.165) is 11.1 Å². The molecule has 1 heterocycles. The molecule has 0 spiro atoms. The van der Waals surface area contributed by atoms with Crippen LogP contribution in [0.1, 0.15) is 11.1 Å². The van der Waals surface area contributed by atoms with Crippen LogP contribution >= 0.6 is 0 Å². The van der Waals surface area contributed by atoms with Crippen molar-refractivity contribution in [3.05, 3.63) is 105 Å². The van der Waals surface area contributed by atoms with E-state index in [2.05, 4.69) is 5.32 Å². The maximum Gasteiger partial charge on any atom is 0.317 e. The molecule has 4 aromatic rings. The molecule has 3 aromatic carbocycles. The zero-order valence-corrected chi connectivity index (χ0v) is 19.7. The van der Waals surface area contributed by atoms with E-state index < -0.39 is 11.1 Å². The summed E-state index contributed by atoms with van der Waals surface area (Å²) >= 11 is 0. The maximum absolute atomic E-state index is 13.0. The number of para-hydroxylation sites is 2. The van der Waals surface area contributed by atoms with Crippen LogP contribution < -0.4 is 25.9 Å². The summed E-state index contributed by atoms with van der Waals surface area (Å²) in [5.41, 5.74) is 1.55. The van der Waals surface area contributed by atoms with Crippen LogP contribution in [0.4, 0.5) is 0 Å². The Morgan fingerprint density at radius 3 is 2.17 bits per heavy atom. The lowest BCUT2D eigenvalue weighted by Gasteiger charge is -2.15. The van der Waals surface area contributed by atoms with Gasteiger partial charge in [0.25, 0.3) is 0 Å². The first-order chi connectivity index (χ1) is 17.0. The third-order valence-electron chi connectivity index (χ3n) is 5.83. The minimum absolute atomic E-state index is 0.249. The largest absolute Gasteiger partial charge is 0.497 e. The maximum atomic E-state index is 13.0. The molecular formula is C27H27N3O5. The van der Waals surface area contributed by atoms with Crippen LogP contribution in [0.25, 0.3) is 11.0 Å². The van der Waals surface area contributed by atoms with E-state index in [-0.39, 0.29) is 19.0 Å². The highest BCUT2D eigenvalue weighted by Crippen LogP contribution is 2.24. The SMILES string of the molecule is COc1ccc(CCNC(=O)Cn2c(=O)c(=O)n(Cc3ccccc3)c3ccccc32)c(OC)c1. The number of carbonyl (C=O) groups is 1. The Balaban J connectivity index is 1.53. The number of nitrogens with zero attached hydrogens (tertiary/aromatic N) is 2. The number of nitrogens with one attached hydrogen (secondary N) is 1. The van der Waals surface area contributed by atoms with Gasteiger partial charge in [0.05, 0.1) is 31.8 Å². The first-order valence-corrected chi connectivity index (χ1v) is 11.3. The summed E-state index contributed by atoms with van der Waals surface area (Å²) in [5.74, 6) is 0.996. The fourth-order valence-corrected chi connectivity index (χ4v) is 4.04. The number of amides is 1. The number of benzene rings is 3. The molecule has 0 fully saturated rings. The number of methoxy groups -OCH3 is 2. The predicted molar refractivity (Wildman–Crippen MR) is 134 cm³/mol. The molecule has 1 amide bonds. The molecule has 180 valence electrons. The molecule has 0 aliphatic carbocycles. The van der Waals surface area contributed by atoms with E-state index in [4.69, 9.17) is 9.47 Å². The van der Waals surface area contributed by atoms with E-state index in [1.165, 1.54) is 9.13 Å². The summed E-state index contributed by atoms with van der Waals surface area (Å²) in [6.45, 7) is 0.367. The van der Waals surface area contributed by atoms with Crippen LogP contribution in [-0.4, -0.2) is 35.8 Å². The van der Waals surface area contributed by atoms with Gasteiger partial charge < -0.3 is 14.8 Å². The van der Waals surface area contributed by atoms with Crippen molar-refractivity contribution in [3.8, 4) is 11.5 Å². The van der Waals surface area contributed by atoms with Crippen molar-refractivity contribution in [2.45, 2.75) is 19.5 Å². The van der Waals surface area contributed by atoms with Crippen LogP contribution in [0, 0.1) is 0 Å². The van der Waals surface area contributed by atoms with Crippen LogP contribution in [0.15, 0.2) is 82.4 Å². The molecule has 8 nitrogen and oxygen atoms in total. The molecule has 0 aliphatic heterocycles. The zero-order valence-electron chi connectivity index (χ0n) is 19.7. The monoisotopic (exact) mass is 473 g/mol. The molecule has 0 atom stereocenters. The molecule has 0 radical (unpaired) electrons. The first kappa shape index (κ1) is 23.8. The van der Waals surface area contributed by atoms with Gasteiger partial charge in [-0.3, -0.25) is 23.5 Å². The zero-order chi connectivity index (χ0) is 24.8. The number of carbonyl (C=O) groups excluding carboxylic acids is 1. The summed E-state index contributed by atoms with van der Waals surface area (Å²) in [6, 6.07) is 22.1. The second-order valence-electron chi connectivity index (χ2n) is 8.03. The molecule has 1 N–H and O–H groups in total. The molecule has 0 bridgehead atoms. The van der Waals surface area contributed by atoms with E-state index in [1.807, 2.05) is 42.5 Å². The summed E-state index contributed by atoms with van der Waals surface area (Å²) in [6.07, 6.45) is 0.535. The van der Waals surface area contributed by atoms with Crippen molar-refractivity contribution in [1.82, 2.24) is 14.5 Å². The lowest BCUT2D eigenvalue weighted by Crippen LogP contribution is -2.44. The van der Waals surface area contributed by atoms with Crippen molar-refractivity contribution >= 4 is 16.9 Å². The number of fused-ring (bicyclic) bond motifs is 1. The Morgan fingerprint density at radius 2 is 1.49 bits per heavy atom. The topological polar surface area (TPSA) is 91.6 Å². The van der Waals surface area contributed by atoms with Gasteiger partial charge in [0, 0.05) is 12.6 Å². The predicted octanol–water partition coefficient (Wildman–Crippen LogP) is 2.59. The molecule has 0 saturated carbocycles. The van der Waals surface area contributed by atoms with Crippen LogP contribution in [0.3, 0.4) is 0 Å². The minimum atomic E-state index is -0.730. The van der Waals surface area contributed by atoms with Crippen LogP contribution in [0.5, 0.6) is 11.5 Å². The fraction of sp³-hybridized carbons (Fsp3) is 0.222. The molecule has 4 rings (SSSR count). The number of rotatable bonds is 9. The number of ether oxygens (including phenoxy) is 2. The van der Waals surface area contributed by atoms with Gasteiger partial charge >= 0.3 is 11.1 Å². The van der Waals surface area contributed by atoms with Gasteiger partial charge in [-0.25, -0.2) is 0 Å². The number of hydrogen-bond acceptors (Lipinski definition) is 5. The minimum Gasteiger partial charge on any atom is -0.497 e. The van der Waals surface area contributed by atoms with Gasteiger partial charge in [0.2, 0.25) is 5.91 Å². The van der Waals surface area contributed by atoms with Gasteiger partial charge in [0.15, 0.2) is 0 Å². The summed E-state index contributed by atoms with van der Waals surface area (Å²) in [4.78, 5) is 38.7. The highest BCUT2D eigenvalue weighted by atomic mass is 16.5. The standard InChI is InChI=1S/C27H27N3O5/c1-34-21-13-12-20(24(16-21)35-2)14-15-28-25(31)18-30-23-11-7-6-10-22(23)29(26(32)27(30)33)17-19-8-4-3-5-9-19/h3-13,16H,14-15,17-18H2,1-2H3,(H,28,31). The third kappa shape index (κ3) is 5.27. The van der Waals surface area contributed by atoms with Crippen molar-refractivity contribution in [1.29, 1.82) is 0 Å². The van der Waals surface area contributed by atoms with Gasteiger partial charge in [-0.2, -0.15) is 0 Å². The summed E-state index contributed by atoms with van der Waals surface area (Å²) < 4.78 is 13.3. The smallest absolute Gasteiger partial charge is 0.317 e. The average molecular weight is 474 g/mol. The van der Waals surface area contributed by atoms with Gasteiger partial charge in [0.1, 0.15) is 18.0 Å². The highest BCUT2D eigenvalue weighted by molar-refractivity contribution is 5.80. The second kappa shape index (κ2) is 10.7. The van der Waals surface area contributed by atoms with Crippen molar-refractivity contribution < 1.29 is 14.3 Å². The van der Waals surface area contributed by atoms with E-state index >= 15 is 0 Å². The fourth-order valence-electron chi connectivity index (χ4n) is 4.04. The lowest BCUT2D eigenvalue weighted by atomic mass is 10.1. The van der Waals surface area contributed by atoms with Gasteiger partial charge in [-0.1, -0.05) is 48.5 Å². The Bertz CT molecular complexity index is 1460. The Hall–Kier alpha value is -4.33. The molecule has 8 heteroatoms. The number of aromatic nitrogens is 2. The van der Waals surface area contributed by atoms with Crippen molar-refractivity contribution in [3.63, 3.8) is 0 Å². The Morgan fingerprint density at radius 1 is 0.829 bits per heavy atom. The lowest BCUT2D eigenvalue weighted by molar-refractivity contribution is -0.121. The van der Waals surface area contributed by atoms with Crippen molar-refractivity contribution in [2.24, 2.45) is 0 Å². The summed E-state index contributed by atoms with van der Waals surface area (Å²) in [5, 5.41) is 2.83. The van der Waals surface area contributed by atoms with Gasteiger partial charge in [-0.05, 0) is 35.7 Å². The molecule has 0 saturated heterocycles. The first-order valence-electron chi connectivity index (χ1n) is 11.3. The molecule has 35 heavy (non-hydrogen) atoms. The molecule has 0 aliphatic rings. The average Bonchev–Trinajstić information content (AvgIpc) is 2.89. The second-order valence-corrected chi connectivity index (χ2v) is 8.03. The molecular weight excluding hydrogens is 446 g/mol. The molecule has 1 aromatic heterocycles. The quantitative estimate of drug-likeness (QED) is 0.378. The van der Waals surface area contributed by atoms with Crippen LogP contribution in [0.2, 0.25) is 0 Å². The van der Waals surface area contributed by atoms with Crippen LogP contribution in [-0.2, 0) is 24.3 Å². The summed E-state index contributed by atoms with van der Waals surface area (Å²) in [7, 11) is 3.16. The number of hydrogen-bond donors (Lipinski definition) is 1. The van der Waals surface area contributed by atoms with Gasteiger partial charge in [-0.15, -0.1) is 0 Å². The van der Waals surface area contributed by atoms with E-state index in [0.29, 0.717) is 35.5 Å².